The Morgan fingerprint density at radius 1 is 1.16 bits per heavy atom. The molecule has 1 heterocycles. The standard InChI is InChI=1S/C15H25N2O.ClH/c1-13-4-6-15(7-5-13)18-12-17-10-8-14(9-11-17)16(2)3;/h8-11,13,15H,4-7,12H2,1-3H3;1H/q+1;/p-1. The summed E-state index contributed by atoms with van der Waals surface area (Å²) in [6, 6.07) is 4.23. The lowest BCUT2D eigenvalue weighted by Gasteiger charge is -2.25. The largest absolute Gasteiger partial charge is 1.00 e. The lowest BCUT2D eigenvalue weighted by Crippen LogP contribution is -3.00. The Morgan fingerprint density at radius 2 is 1.74 bits per heavy atom. The number of ether oxygens (including phenoxy) is 1. The van der Waals surface area contributed by atoms with Crippen molar-refractivity contribution in [3.63, 3.8) is 0 Å². The van der Waals surface area contributed by atoms with Crippen molar-refractivity contribution in [2.24, 2.45) is 5.92 Å². The Balaban J connectivity index is 0.00000180. The first kappa shape index (κ1) is 16.3. The van der Waals surface area contributed by atoms with Crippen LogP contribution in [0, 0.1) is 5.92 Å². The van der Waals surface area contributed by atoms with Gasteiger partial charge in [-0.3, -0.25) is 0 Å². The minimum atomic E-state index is 0. The van der Waals surface area contributed by atoms with Gasteiger partial charge in [0.15, 0.2) is 12.4 Å². The second kappa shape index (κ2) is 7.71. The van der Waals surface area contributed by atoms with Crippen molar-refractivity contribution in [2.75, 3.05) is 19.0 Å². The molecule has 0 amide bonds. The molecule has 0 bridgehead atoms. The van der Waals surface area contributed by atoms with Crippen molar-refractivity contribution >= 4 is 5.69 Å². The van der Waals surface area contributed by atoms with Gasteiger partial charge in [0, 0.05) is 31.9 Å². The minimum Gasteiger partial charge on any atom is -1.00 e. The van der Waals surface area contributed by atoms with Gasteiger partial charge < -0.3 is 22.0 Å². The number of halogens is 1. The summed E-state index contributed by atoms with van der Waals surface area (Å²) in [7, 11) is 4.11. The predicted molar refractivity (Wildman–Crippen MR) is 73.5 cm³/mol. The van der Waals surface area contributed by atoms with Crippen LogP contribution in [0.4, 0.5) is 5.69 Å². The van der Waals surface area contributed by atoms with E-state index in [-0.39, 0.29) is 12.4 Å². The molecule has 1 aromatic heterocycles. The molecule has 3 nitrogen and oxygen atoms in total. The maximum absolute atomic E-state index is 5.97. The number of rotatable bonds is 4. The Hall–Kier alpha value is -0.800. The molecule has 0 spiro atoms. The van der Waals surface area contributed by atoms with E-state index in [1.807, 2.05) is 0 Å². The maximum Gasteiger partial charge on any atom is 0.252 e. The van der Waals surface area contributed by atoms with Gasteiger partial charge in [0.25, 0.3) is 6.73 Å². The van der Waals surface area contributed by atoms with E-state index in [0.29, 0.717) is 12.8 Å². The fourth-order valence-electron chi connectivity index (χ4n) is 2.42. The summed E-state index contributed by atoms with van der Waals surface area (Å²) in [5.41, 5.74) is 1.22. The van der Waals surface area contributed by atoms with Crippen LogP contribution in [0.2, 0.25) is 0 Å². The quantitative estimate of drug-likeness (QED) is 0.700. The zero-order chi connectivity index (χ0) is 13.0. The van der Waals surface area contributed by atoms with E-state index in [4.69, 9.17) is 4.74 Å². The number of hydrogen-bond acceptors (Lipinski definition) is 2. The average molecular weight is 285 g/mol. The third kappa shape index (κ3) is 5.00. The van der Waals surface area contributed by atoms with Gasteiger partial charge in [-0.1, -0.05) is 6.92 Å². The van der Waals surface area contributed by atoms with Crippen LogP contribution in [0.1, 0.15) is 32.6 Å². The molecule has 2 rings (SSSR count). The molecule has 0 N–H and O–H groups in total. The van der Waals surface area contributed by atoms with E-state index in [0.717, 1.165) is 5.92 Å². The molecule has 0 aliphatic heterocycles. The molecule has 19 heavy (non-hydrogen) atoms. The Labute approximate surface area is 123 Å². The van der Waals surface area contributed by atoms with Crippen molar-refractivity contribution < 1.29 is 21.7 Å². The first-order valence-electron chi connectivity index (χ1n) is 6.93. The molecular formula is C15H25ClN2O. The lowest BCUT2D eigenvalue weighted by atomic mass is 9.89. The summed E-state index contributed by atoms with van der Waals surface area (Å²) in [4.78, 5) is 2.10. The van der Waals surface area contributed by atoms with E-state index in [1.165, 1.54) is 31.4 Å². The van der Waals surface area contributed by atoms with Crippen LogP contribution in [0.5, 0.6) is 0 Å². The molecule has 1 aromatic rings. The third-order valence-corrected chi connectivity index (χ3v) is 3.81. The number of nitrogens with zero attached hydrogens (tertiary/aromatic N) is 2. The normalized spacial score (nSPS) is 22.7. The van der Waals surface area contributed by atoms with E-state index >= 15 is 0 Å². The van der Waals surface area contributed by atoms with Crippen molar-refractivity contribution in [1.29, 1.82) is 0 Å². The third-order valence-electron chi connectivity index (χ3n) is 3.81. The predicted octanol–water partition coefficient (Wildman–Crippen LogP) is -0.403. The fraction of sp³-hybridized carbons (Fsp3) is 0.667. The summed E-state index contributed by atoms with van der Waals surface area (Å²) >= 11 is 0. The van der Waals surface area contributed by atoms with E-state index in [1.54, 1.807) is 0 Å². The molecule has 108 valence electrons. The number of anilines is 1. The van der Waals surface area contributed by atoms with Crippen LogP contribution in [0.3, 0.4) is 0 Å². The fourth-order valence-corrected chi connectivity index (χ4v) is 2.42. The van der Waals surface area contributed by atoms with Crippen LogP contribution in [0.15, 0.2) is 24.5 Å². The second-order valence-corrected chi connectivity index (χ2v) is 5.64. The van der Waals surface area contributed by atoms with Crippen LogP contribution in [-0.2, 0) is 11.5 Å². The maximum atomic E-state index is 5.97. The smallest absolute Gasteiger partial charge is 0.252 e. The molecule has 0 aromatic carbocycles. The molecular weight excluding hydrogens is 260 g/mol. The summed E-state index contributed by atoms with van der Waals surface area (Å²) in [6.07, 6.45) is 9.70. The van der Waals surface area contributed by atoms with Gasteiger partial charge in [-0.2, -0.15) is 4.57 Å². The highest BCUT2D eigenvalue weighted by Crippen LogP contribution is 2.25. The molecule has 1 aliphatic rings. The minimum absolute atomic E-state index is 0. The monoisotopic (exact) mass is 284 g/mol. The highest BCUT2D eigenvalue weighted by Gasteiger charge is 2.19. The van der Waals surface area contributed by atoms with Crippen molar-refractivity contribution in [3.05, 3.63) is 24.5 Å². The Kier molecular flexibility index (Phi) is 6.59. The molecule has 0 atom stereocenters. The highest BCUT2D eigenvalue weighted by atomic mass is 35.5. The van der Waals surface area contributed by atoms with Crippen LogP contribution in [-0.4, -0.2) is 20.2 Å². The SMILES string of the molecule is CC1CCC(OC[n+]2ccc(N(C)C)cc2)CC1.[Cl-]. The zero-order valence-electron chi connectivity index (χ0n) is 12.2. The number of pyridine rings is 1. The molecule has 4 heteroatoms. The molecule has 1 saturated carbocycles. The first-order valence-corrected chi connectivity index (χ1v) is 6.93. The molecule has 1 fully saturated rings. The van der Waals surface area contributed by atoms with Crippen LogP contribution < -0.4 is 21.9 Å². The van der Waals surface area contributed by atoms with Crippen molar-refractivity contribution in [2.45, 2.75) is 45.4 Å². The second-order valence-electron chi connectivity index (χ2n) is 5.64. The van der Waals surface area contributed by atoms with Gasteiger partial charge in [-0.25, -0.2) is 0 Å². The topological polar surface area (TPSA) is 16.4 Å². The molecule has 0 radical (unpaired) electrons. The van der Waals surface area contributed by atoms with Crippen LogP contribution in [0.25, 0.3) is 0 Å². The van der Waals surface area contributed by atoms with Crippen molar-refractivity contribution in [1.82, 2.24) is 0 Å². The Morgan fingerprint density at radius 3 is 2.26 bits per heavy atom. The summed E-state index contributed by atoms with van der Waals surface area (Å²) < 4.78 is 8.07. The first-order chi connectivity index (χ1) is 8.65. The van der Waals surface area contributed by atoms with Gasteiger partial charge in [0.1, 0.15) is 0 Å². The molecule has 1 aliphatic carbocycles. The van der Waals surface area contributed by atoms with E-state index in [9.17, 15) is 0 Å². The van der Waals surface area contributed by atoms with Gasteiger partial charge in [-0.15, -0.1) is 0 Å². The van der Waals surface area contributed by atoms with Crippen molar-refractivity contribution in [3.8, 4) is 0 Å². The number of hydrogen-bond donors (Lipinski definition) is 0. The summed E-state index contributed by atoms with van der Waals surface area (Å²) in [5, 5.41) is 0. The summed E-state index contributed by atoms with van der Waals surface area (Å²) in [6.45, 7) is 3.01. The van der Waals surface area contributed by atoms with Crippen LogP contribution >= 0.6 is 0 Å². The highest BCUT2D eigenvalue weighted by molar-refractivity contribution is 5.41. The zero-order valence-corrected chi connectivity index (χ0v) is 12.9. The van der Waals surface area contributed by atoms with Gasteiger partial charge >= 0.3 is 0 Å². The average Bonchev–Trinajstić information content (AvgIpc) is 2.38. The van der Waals surface area contributed by atoms with E-state index < -0.39 is 0 Å². The Bertz CT molecular complexity index is 359. The molecule has 0 unspecified atom stereocenters. The van der Waals surface area contributed by atoms with Gasteiger partial charge in [0.05, 0.1) is 6.10 Å². The van der Waals surface area contributed by atoms with Gasteiger partial charge in [0.2, 0.25) is 0 Å². The van der Waals surface area contributed by atoms with Gasteiger partial charge in [-0.05, 0) is 31.6 Å². The number of aromatic nitrogens is 1. The lowest BCUT2D eigenvalue weighted by molar-refractivity contribution is -0.735. The summed E-state index contributed by atoms with van der Waals surface area (Å²) in [5.74, 6) is 0.886. The van der Waals surface area contributed by atoms with E-state index in [2.05, 4.69) is 55.0 Å². The molecule has 0 saturated heterocycles.